The Kier molecular flexibility index (Phi) is 8.17. The molecule has 2 nitrogen and oxygen atoms in total. The lowest BCUT2D eigenvalue weighted by molar-refractivity contribution is 0.591. The molecule has 1 aromatic carbocycles. The van der Waals surface area contributed by atoms with Crippen LogP contribution in [0.1, 0.15) is 58.5 Å². The third-order valence-electron chi connectivity index (χ3n) is 4.14. The fourth-order valence-electron chi connectivity index (χ4n) is 2.57. The van der Waals surface area contributed by atoms with Crippen LogP contribution in [0.15, 0.2) is 18.2 Å². The van der Waals surface area contributed by atoms with Crippen LogP contribution in [-0.2, 0) is 16.9 Å². The summed E-state index contributed by atoms with van der Waals surface area (Å²) in [4.78, 5) is 10.0. The van der Waals surface area contributed by atoms with Gasteiger partial charge in [0, 0.05) is 22.5 Å². The fourth-order valence-corrected chi connectivity index (χ4v) is 5.23. The predicted octanol–water partition coefficient (Wildman–Crippen LogP) is 6.55. The average molecular weight is 409 g/mol. The van der Waals surface area contributed by atoms with Crippen LogP contribution in [0.2, 0.25) is 0 Å². The molecule has 0 radical (unpaired) electrons. The Bertz CT molecular complexity index is 723. The largest absolute Gasteiger partial charge is 0.248 e. The molecule has 1 atom stereocenters. The lowest BCUT2D eigenvalue weighted by Crippen LogP contribution is -2.11. The Morgan fingerprint density at radius 2 is 1.54 bits per heavy atom. The number of thioether (sulfide) groups is 3. The van der Waals surface area contributed by atoms with Crippen LogP contribution in [0.5, 0.6) is 0 Å². The number of aromatic nitrogens is 2. The van der Waals surface area contributed by atoms with E-state index in [1.807, 2.05) is 35.3 Å². The number of nitrogens with zero attached hydrogens (tertiary/aromatic N) is 2. The van der Waals surface area contributed by atoms with Crippen molar-refractivity contribution in [2.24, 2.45) is 0 Å². The molecular weight excluding hydrogens is 376 g/mol. The van der Waals surface area contributed by atoms with E-state index in [-0.39, 0.29) is 5.41 Å². The molecule has 0 aliphatic heterocycles. The molecule has 1 aromatic heterocycles. The van der Waals surface area contributed by atoms with Crippen LogP contribution in [0.4, 0.5) is 0 Å². The first-order valence-corrected chi connectivity index (χ1v) is 12.7. The van der Waals surface area contributed by atoms with Crippen molar-refractivity contribution in [3.63, 3.8) is 0 Å². The van der Waals surface area contributed by atoms with Gasteiger partial charge >= 0.3 is 0 Å². The summed E-state index contributed by atoms with van der Waals surface area (Å²) in [6, 6.07) is 6.56. The lowest BCUT2D eigenvalue weighted by Gasteiger charge is -2.19. The summed E-state index contributed by atoms with van der Waals surface area (Å²) in [6.45, 7) is 13.5. The topological polar surface area (TPSA) is 25.8 Å². The maximum absolute atomic E-state index is 5.04. The number of fused-ring (bicyclic) bond motifs is 1. The van der Waals surface area contributed by atoms with E-state index in [1.54, 1.807) is 0 Å². The van der Waals surface area contributed by atoms with Gasteiger partial charge in [-0.05, 0) is 34.6 Å². The van der Waals surface area contributed by atoms with Gasteiger partial charge in [0.25, 0.3) is 0 Å². The smallest absolute Gasteiger partial charge is 0.0893 e. The molecule has 26 heavy (non-hydrogen) atoms. The van der Waals surface area contributed by atoms with Crippen molar-refractivity contribution in [3.05, 3.63) is 35.2 Å². The Balaban J connectivity index is 2.36. The van der Waals surface area contributed by atoms with Gasteiger partial charge in [0.15, 0.2) is 0 Å². The Morgan fingerprint density at radius 3 is 2.12 bits per heavy atom. The first kappa shape index (κ1) is 21.9. The fraction of sp³-hybridized carbons (Fsp3) is 0.619. The van der Waals surface area contributed by atoms with Crippen molar-refractivity contribution < 1.29 is 0 Å². The molecule has 0 N–H and O–H groups in total. The first-order chi connectivity index (χ1) is 12.2. The molecular formula is C21H32N2S3. The van der Waals surface area contributed by atoms with Gasteiger partial charge in [-0.25, -0.2) is 9.97 Å². The zero-order valence-electron chi connectivity index (χ0n) is 17.1. The van der Waals surface area contributed by atoms with E-state index < -0.39 is 0 Å². The molecule has 0 spiro atoms. The summed E-state index contributed by atoms with van der Waals surface area (Å²) in [5.41, 5.74) is 5.81. The second kappa shape index (κ2) is 9.70. The average Bonchev–Trinajstić information content (AvgIpc) is 2.56. The minimum absolute atomic E-state index is 0.129. The van der Waals surface area contributed by atoms with Gasteiger partial charge in [-0.3, -0.25) is 0 Å². The highest BCUT2D eigenvalue weighted by atomic mass is 32.2. The summed E-state index contributed by atoms with van der Waals surface area (Å²) in [6.07, 6.45) is 2.17. The van der Waals surface area contributed by atoms with Gasteiger partial charge in [-0.2, -0.15) is 35.3 Å². The van der Waals surface area contributed by atoms with Crippen molar-refractivity contribution in [3.8, 4) is 0 Å². The Hall–Kier alpha value is -0.390. The highest BCUT2D eigenvalue weighted by molar-refractivity contribution is 8.02. The number of benzene rings is 1. The number of hydrogen-bond donors (Lipinski definition) is 0. The summed E-state index contributed by atoms with van der Waals surface area (Å²) in [7, 11) is 0. The van der Waals surface area contributed by atoms with Gasteiger partial charge < -0.3 is 0 Å². The van der Waals surface area contributed by atoms with Crippen molar-refractivity contribution in [1.29, 1.82) is 0 Å². The maximum atomic E-state index is 5.04. The van der Waals surface area contributed by atoms with Crippen LogP contribution < -0.4 is 0 Å². The molecule has 0 aliphatic rings. The molecule has 1 heterocycles. The van der Waals surface area contributed by atoms with E-state index in [1.165, 1.54) is 11.3 Å². The normalized spacial score (nSPS) is 13.5. The van der Waals surface area contributed by atoms with Gasteiger partial charge in [0.1, 0.15) is 0 Å². The second-order valence-corrected chi connectivity index (χ2v) is 11.9. The zero-order chi connectivity index (χ0) is 19.3. The van der Waals surface area contributed by atoms with Crippen molar-refractivity contribution in [2.45, 2.75) is 69.0 Å². The Labute approximate surface area is 172 Å². The molecule has 5 heteroatoms. The standard InChI is InChI=1S/C21H32N2S3/c1-14(2)25-12-19-20(13-26-15(3)11-24-7)22-17-9-8-16(21(4,5)6)10-18(17)23-19/h8-10,14-15H,11-13H2,1-7H3. The first-order valence-electron chi connectivity index (χ1n) is 9.23. The van der Waals surface area contributed by atoms with Crippen LogP contribution in [0.25, 0.3) is 11.0 Å². The van der Waals surface area contributed by atoms with Crippen LogP contribution >= 0.6 is 35.3 Å². The van der Waals surface area contributed by atoms with Gasteiger partial charge in [0.05, 0.1) is 22.4 Å². The molecule has 0 saturated carbocycles. The molecule has 0 saturated heterocycles. The van der Waals surface area contributed by atoms with E-state index >= 15 is 0 Å². The molecule has 144 valence electrons. The van der Waals surface area contributed by atoms with Crippen LogP contribution in [0.3, 0.4) is 0 Å². The zero-order valence-corrected chi connectivity index (χ0v) is 19.6. The van der Waals surface area contributed by atoms with Crippen LogP contribution in [-0.4, -0.2) is 32.5 Å². The van der Waals surface area contributed by atoms with Gasteiger partial charge in [-0.1, -0.05) is 47.6 Å². The van der Waals surface area contributed by atoms with Crippen molar-refractivity contribution in [2.75, 3.05) is 12.0 Å². The highest BCUT2D eigenvalue weighted by Gasteiger charge is 2.16. The summed E-state index contributed by atoms with van der Waals surface area (Å²) in [5.74, 6) is 3.06. The van der Waals surface area contributed by atoms with Gasteiger partial charge in [-0.15, -0.1) is 0 Å². The monoisotopic (exact) mass is 408 g/mol. The van der Waals surface area contributed by atoms with E-state index in [9.17, 15) is 0 Å². The molecule has 0 aliphatic carbocycles. The van der Waals surface area contributed by atoms with E-state index in [2.05, 4.69) is 66.0 Å². The molecule has 1 unspecified atom stereocenters. The third kappa shape index (κ3) is 6.35. The Morgan fingerprint density at radius 1 is 0.923 bits per heavy atom. The molecule has 2 aromatic rings. The number of rotatable bonds is 8. The molecule has 0 fully saturated rings. The minimum Gasteiger partial charge on any atom is -0.248 e. The van der Waals surface area contributed by atoms with Crippen molar-refractivity contribution >= 4 is 46.3 Å². The maximum Gasteiger partial charge on any atom is 0.0893 e. The van der Waals surface area contributed by atoms with E-state index in [4.69, 9.17) is 9.97 Å². The van der Waals surface area contributed by atoms with E-state index in [0.717, 1.165) is 33.9 Å². The summed E-state index contributed by atoms with van der Waals surface area (Å²) in [5, 5.41) is 1.24. The summed E-state index contributed by atoms with van der Waals surface area (Å²) >= 11 is 5.84. The molecule has 0 amide bonds. The lowest BCUT2D eigenvalue weighted by atomic mass is 9.87. The van der Waals surface area contributed by atoms with Crippen molar-refractivity contribution in [1.82, 2.24) is 9.97 Å². The quantitative estimate of drug-likeness (QED) is 0.493. The minimum atomic E-state index is 0.129. The number of hydrogen-bond acceptors (Lipinski definition) is 5. The van der Waals surface area contributed by atoms with Gasteiger partial charge in [0.2, 0.25) is 0 Å². The predicted molar refractivity (Wildman–Crippen MR) is 124 cm³/mol. The third-order valence-corrected chi connectivity index (χ3v) is 7.47. The van der Waals surface area contributed by atoms with Crippen LogP contribution in [0, 0.1) is 0 Å². The second-order valence-electron chi connectivity index (χ2n) is 8.01. The van der Waals surface area contributed by atoms with E-state index in [0.29, 0.717) is 10.5 Å². The summed E-state index contributed by atoms with van der Waals surface area (Å²) < 4.78 is 0. The highest BCUT2D eigenvalue weighted by Crippen LogP contribution is 2.28. The molecule has 0 bridgehead atoms. The molecule has 2 rings (SSSR count). The SMILES string of the molecule is CSCC(C)SCc1nc2ccc(C(C)(C)C)cc2nc1CSC(C)C.